The Morgan fingerprint density at radius 1 is 1.23 bits per heavy atom. The van der Waals surface area contributed by atoms with Crippen LogP contribution in [0.1, 0.15) is 12.0 Å². The van der Waals surface area contributed by atoms with Crippen LogP contribution in [0.5, 0.6) is 0 Å². The number of rotatable bonds is 6. The number of hydrogen-bond donors (Lipinski definition) is 0. The summed E-state index contributed by atoms with van der Waals surface area (Å²) in [6.07, 6.45) is -0.869. The quantitative estimate of drug-likeness (QED) is 0.586. The first kappa shape index (κ1) is 15.4. The minimum absolute atomic E-state index is 0.0582. The van der Waals surface area contributed by atoms with E-state index in [1.54, 1.807) is 7.11 Å². The highest BCUT2D eigenvalue weighted by Crippen LogP contribution is 2.35. The van der Waals surface area contributed by atoms with Gasteiger partial charge in [0.1, 0.15) is 6.79 Å². The minimum atomic E-state index is -0.556. The molecule has 0 amide bonds. The summed E-state index contributed by atoms with van der Waals surface area (Å²) in [5.74, 6) is -0.294. The summed E-state index contributed by atoms with van der Waals surface area (Å²) in [4.78, 5) is 11.6. The third-order valence-electron chi connectivity index (χ3n) is 3.92. The van der Waals surface area contributed by atoms with Crippen molar-refractivity contribution in [1.82, 2.24) is 0 Å². The number of carbonyl (C=O) groups excluding carboxylic acids is 1. The maximum Gasteiger partial charge on any atom is 0.306 e. The fourth-order valence-electron chi connectivity index (χ4n) is 2.83. The first-order chi connectivity index (χ1) is 10.8. The summed E-state index contributed by atoms with van der Waals surface area (Å²) in [7, 11) is 1.56. The topological polar surface area (TPSA) is 63.2 Å². The molecule has 3 rings (SSSR count). The van der Waals surface area contributed by atoms with Crippen molar-refractivity contribution in [3.05, 3.63) is 35.9 Å². The predicted molar refractivity (Wildman–Crippen MR) is 75.7 cm³/mol. The summed E-state index contributed by atoms with van der Waals surface area (Å²) in [5.41, 5.74) is 1.05. The Morgan fingerprint density at radius 3 is 2.82 bits per heavy atom. The molecule has 1 aromatic rings. The van der Waals surface area contributed by atoms with Crippen molar-refractivity contribution in [3.8, 4) is 0 Å². The third kappa shape index (κ3) is 3.47. The van der Waals surface area contributed by atoms with Crippen LogP contribution in [0, 0.1) is 5.92 Å². The van der Waals surface area contributed by atoms with Gasteiger partial charge in [0.05, 0.1) is 25.7 Å². The largest absolute Gasteiger partial charge is 0.457 e. The molecule has 2 fully saturated rings. The van der Waals surface area contributed by atoms with Crippen molar-refractivity contribution >= 4 is 5.97 Å². The normalized spacial score (nSPS) is 30.9. The van der Waals surface area contributed by atoms with E-state index in [2.05, 4.69) is 0 Å². The number of benzene rings is 1. The monoisotopic (exact) mass is 308 g/mol. The lowest BCUT2D eigenvalue weighted by atomic mass is 9.92. The van der Waals surface area contributed by atoms with Crippen molar-refractivity contribution in [2.24, 2.45) is 5.92 Å². The molecule has 2 aliphatic rings. The number of hydrogen-bond acceptors (Lipinski definition) is 6. The average Bonchev–Trinajstić information content (AvgIpc) is 2.94. The van der Waals surface area contributed by atoms with Crippen molar-refractivity contribution in [2.45, 2.75) is 31.5 Å². The fourth-order valence-corrected chi connectivity index (χ4v) is 2.83. The van der Waals surface area contributed by atoms with Gasteiger partial charge < -0.3 is 23.7 Å². The molecule has 120 valence electrons. The number of carbonyl (C=O) groups is 1. The highest BCUT2D eigenvalue weighted by Gasteiger charge is 2.49. The number of ether oxygens (including phenoxy) is 5. The first-order valence-corrected chi connectivity index (χ1v) is 7.35. The molecule has 0 N–H and O–H groups in total. The SMILES string of the molecule is COCO[C@H]1CO[C@H](OCc2ccccc2)[C@@H]2OC(=O)C[C@@H]21. The van der Waals surface area contributed by atoms with Gasteiger partial charge in [-0.15, -0.1) is 0 Å². The molecular weight excluding hydrogens is 288 g/mol. The molecule has 0 bridgehead atoms. The third-order valence-corrected chi connectivity index (χ3v) is 3.92. The fraction of sp³-hybridized carbons (Fsp3) is 0.562. The van der Waals surface area contributed by atoms with E-state index in [1.165, 1.54) is 0 Å². The van der Waals surface area contributed by atoms with Gasteiger partial charge in [-0.1, -0.05) is 30.3 Å². The lowest BCUT2D eigenvalue weighted by Crippen LogP contribution is -2.49. The van der Waals surface area contributed by atoms with Gasteiger partial charge in [-0.3, -0.25) is 4.79 Å². The van der Waals surface area contributed by atoms with Crippen molar-refractivity contribution in [1.29, 1.82) is 0 Å². The molecular formula is C16H20O6. The Hall–Kier alpha value is -1.47. The van der Waals surface area contributed by atoms with Crippen LogP contribution in [-0.2, 0) is 35.1 Å². The van der Waals surface area contributed by atoms with E-state index in [1.807, 2.05) is 30.3 Å². The zero-order valence-electron chi connectivity index (χ0n) is 12.5. The predicted octanol–water partition coefficient (Wildman–Crippen LogP) is 1.48. The van der Waals surface area contributed by atoms with Crippen LogP contribution in [0.15, 0.2) is 30.3 Å². The summed E-state index contributed by atoms with van der Waals surface area (Å²) < 4.78 is 27.3. The van der Waals surface area contributed by atoms with Gasteiger partial charge in [0.15, 0.2) is 12.4 Å². The molecule has 2 saturated heterocycles. The second kappa shape index (κ2) is 7.19. The second-order valence-corrected chi connectivity index (χ2v) is 5.43. The molecule has 2 aliphatic heterocycles. The number of esters is 1. The standard InChI is InChI=1S/C16H20O6/c1-18-10-21-13-9-20-16(15-12(13)7-14(17)22-15)19-8-11-5-3-2-4-6-11/h2-6,12-13,15-16H,7-10H2,1H3/t12-,13+,15-,16+/m1/s1. The molecule has 6 heteroatoms. The van der Waals surface area contributed by atoms with Gasteiger partial charge in [0, 0.05) is 13.0 Å². The van der Waals surface area contributed by atoms with Gasteiger partial charge in [0.2, 0.25) is 0 Å². The molecule has 0 spiro atoms. The lowest BCUT2D eigenvalue weighted by Gasteiger charge is -2.36. The highest BCUT2D eigenvalue weighted by atomic mass is 16.7. The zero-order valence-corrected chi connectivity index (χ0v) is 12.5. The molecule has 22 heavy (non-hydrogen) atoms. The molecule has 0 radical (unpaired) electrons. The number of methoxy groups -OCH3 is 1. The van der Waals surface area contributed by atoms with Crippen LogP contribution in [0.4, 0.5) is 0 Å². The van der Waals surface area contributed by atoms with Crippen molar-refractivity contribution in [3.63, 3.8) is 0 Å². The van der Waals surface area contributed by atoms with E-state index in [0.29, 0.717) is 19.6 Å². The zero-order chi connectivity index (χ0) is 15.4. The van der Waals surface area contributed by atoms with E-state index in [9.17, 15) is 4.79 Å². The lowest BCUT2D eigenvalue weighted by molar-refractivity contribution is -0.264. The van der Waals surface area contributed by atoms with Crippen LogP contribution in [0.3, 0.4) is 0 Å². The summed E-state index contributed by atoms with van der Waals surface area (Å²) in [5, 5.41) is 0. The molecule has 2 heterocycles. The van der Waals surface area contributed by atoms with Crippen LogP contribution < -0.4 is 0 Å². The van der Waals surface area contributed by atoms with Gasteiger partial charge >= 0.3 is 5.97 Å². The van der Waals surface area contributed by atoms with E-state index in [0.717, 1.165) is 5.56 Å². The first-order valence-electron chi connectivity index (χ1n) is 7.35. The van der Waals surface area contributed by atoms with E-state index < -0.39 is 12.4 Å². The molecule has 0 aliphatic carbocycles. The Bertz CT molecular complexity index is 491. The molecule has 6 nitrogen and oxygen atoms in total. The summed E-state index contributed by atoms with van der Waals surface area (Å²) in [6, 6.07) is 9.81. The second-order valence-electron chi connectivity index (χ2n) is 5.43. The van der Waals surface area contributed by atoms with Gasteiger partial charge in [0.25, 0.3) is 0 Å². The average molecular weight is 308 g/mol. The minimum Gasteiger partial charge on any atom is -0.457 e. The van der Waals surface area contributed by atoms with E-state index >= 15 is 0 Å². The molecule has 0 unspecified atom stereocenters. The maximum atomic E-state index is 11.6. The number of fused-ring (bicyclic) bond motifs is 1. The van der Waals surface area contributed by atoms with Crippen LogP contribution >= 0.6 is 0 Å². The Labute approximate surface area is 129 Å². The smallest absolute Gasteiger partial charge is 0.306 e. The van der Waals surface area contributed by atoms with Crippen LogP contribution in [0.2, 0.25) is 0 Å². The van der Waals surface area contributed by atoms with Crippen LogP contribution in [-0.4, -0.2) is 45.0 Å². The van der Waals surface area contributed by atoms with Gasteiger partial charge in [-0.25, -0.2) is 0 Å². The van der Waals surface area contributed by atoms with Gasteiger partial charge in [-0.05, 0) is 5.56 Å². The molecule has 1 aromatic carbocycles. The van der Waals surface area contributed by atoms with Gasteiger partial charge in [-0.2, -0.15) is 0 Å². The molecule has 4 atom stereocenters. The molecule has 0 aromatic heterocycles. The van der Waals surface area contributed by atoms with Crippen molar-refractivity contribution < 1.29 is 28.5 Å². The van der Waals surface area contributed by atoms with Crippen LogP contribution in [0.25, 0.3) is 0 Å². The summed E-state index contributed by atoms with van der Waals surface area (Å²) >= 11 is 0. The highest BCUT2D eigenvalue weighted by molar-refractivity contribution is 5.72. The van der Waals surface area contributed by atoms with E-state index in [-0.39, 0.29) is 24.8 Å². The van der Waals surface area contributed by atoms with Crippen molar-refractivity contribution in [2.75, 3.05) is 20.5 Å². The Balaban J connectivity index is 1.60. The Morgan fingerprint density at radius 2 is 2.05 bits per heavy atom. The van der Waals surface area contributed by atoms with E-state index in [4.69, 9.17) is 23.7 Å². The summed E-state index contributed by atoms with van der Waals surface area (Å²) in [6.45, 7) is 0.942. The Kier molecular flexibility index (Phi) is 5.04. The maximum absolute atomic E-state index is 11.6. The molecule has 0 saturated carbocycles.